The molecule has 0 aliphatic heterocycles. The van der Waals surface area contributed by atoms with Crippen molar-refractivity contribution in [2.24, 2.45) is 11.8 Å². The molecule has 3 aliphatic carbocycles. The van der Waals surface area contributed by atoms with Gasteiger partial charge in [-0.25, -0.2) is 0 Å². The summed E-state index contributed by atoms with van der Waals surface area (Å²) in [7, 11) is 0. The van der Waals surface area contributed by atoms with E-state index in [4.69, 9.17) is 4.42 Å². The van der Waals surface area contributed by atoms with E-state index in [1.165, 1.54) is 47.9 Å². The van der Waals surface area contributed by atoms with Crippen LogP contribution in [0.2, 0.25) is 0 Å². The molecule has 222 valence electrons. The molecular formula is C44H35NO. The Bertz CT molecular complexity index is 2240. The van der Waals surface area contributed by atoms with Crippen LogP contribution in [0.1, 0.15) is 48.6 Å². The lowest BCUT2D eigenvalue weighted by Gasteiger charge is -2.34. The van der Waals surface area contributed by atoms with Gasteiger partial charge >= 0.3 is 0 Å². The summed E-state index contributed by atoms with van der Waals surface area (Å²) in [6.07, 6.45) is 5.49. The van der Waals surface area contributed by atoms with Crippen molar-refractivity contribution in [1.82, 2.24) is 0 Å². The van der Waals surface area contributed by atoms with Crippen LogP contribution in [0.4, 0.5) is 17.1 Å². The van der Waals surface area contributed by atoms with E-state index < -0.39 is 0 Å². The van der Waals surface area contributed by atoms with Gasteiger partial charge in [0.25, 0.3) is 0 Å². The number of nitrogens with zero attached hydrogens (tertiary/aromatic N) is 1. The molecule has 2 nitrogen and oxygen atoms in total. The normalized spacial score (nSPS) is 21.1. The molecule has 10 rings (SSSR count). The molecule has 6 aromatic carbocycles. The molecule has 2 heteroatoms. The third-order valence-electron chi connectivity index (χ3n) is 11.2. The van der Waals surface area contributed by atoms with Crippen LogP contribution in [0.15, 0.2) is 144 Å². The van der Waals surface area contributed by atoms with Gasteiger partial charge in [-0.1, -0.05) is 91.0 Å². The molecule has 3 aliphatic rings. The van der Waals surface area contributed by atoms with Crippen molar-refractivity contribution in [3.8, 4) is 22.3 Å². The van der Waals surface area contributed by atoms with E-state index in [0.717, 1.165) is 56.8 Å². The maximum absolute atomic E-state index is 6.15. The third-order valence-corrected chi connectivity index (χ3v) is 11.2. The highest BCUT2D eigenvalue weighted by Gasteiger charge is 2.44. The summed E-state index contributed by atoms with van der Waals surface area (Å²) in [6, 6.07) is 51.2. The molecule has 0 spiro atoms. The minimum atomic E-state index is 0.666. The lowest BCUT2D eigenvalue weighted by Crippen LogP contribution is -2.19. The lowest BCUT2D eigenvalue weighted by molar-refractivity contribution is 0.312. The molecule has 3 bridgehead atoms. The van der Waals surface area contributed by atoms with E-state index in [0.29, 0.717) is 5.92 Å². The smallest absolute Gasteiger partial charge is 0.135 e. The standard InChI is InChI=1S/C44H35NO/c1-2-8-33(9-3-1)45(35-19-21-44-42(27-35)39-12-6-7-13-43(39)46-44)34-17-14-29(15-18-34)30-16-20-38-36-10-4-5-11-37(36)40-24-28-22-31(40)25-32(23-28)41(38)26-30/h1-21,26-28,31-32,40H,22-25H2. The van der Waals surface area contributed by atoms with Gasteiger partial charge in [0.05, 0.1) is 0 Å². The molecule has 0 radical (unpaired) electrons. The summed E-state index contributed by atoms with van der Waals surface area (Å²) in [5, 5.41) is 2.28. The highest BCUT2D eigenvalue weighted by atomic mass is 16.3. The highest BCUT2D eigenvalue weighted by Crippen LogP contribution is 2.59. The number of benzene rings is 6. The van der Waals surface area contributed by atoms with Gasteiger partial charge in [-0.2, -0.15) is 0 Å². The minimum absolute atomic E-state index is 0.666. The Hall–Kier alpha value is -5.08. The number of rotatable bonds is 4. The van der Waals surface area contributed by atoms with E-state index in [1.807, 2.05) is 12.1 Å². The molecule has 1 aromatic heterocycles. The zero-order valence-electron chi connectivity index (χ0n) is 25.8. The van der Waals surface area contributed by atoms with E-state index >= 15 is 0 Å². The summed E-state index contributed by atoms with van der Waals surface area (Å²) in [6.45, 7) is 0. The van der Waals surface area contributed by atoms with E-state index in [9.17, 15) is 0 Å². The fourth-order valence-corrected chi connectivity index (χ4v) is 9.26. The second-order valence-corrected chi connectivity index (χ2v) is 13.8. The van der Waals surface area contributed by atoms with Crippen molar-refractivity contribution in [1.29, 1.82) is 0 Å². The Morgan fingerprint density at radius 2 is 1.20 bits per heavy atom. The molecule has 46 heavy (non-hydrogen) atoms. The molecule has 4 atom stereocenters. The average Bonchev–Trinajstić information content (AvgIpc) is 3.64. The number of hydrogen-bond acceptors (Lipinski definition) is 2. The first kappa shape index (κ1) is 26.2. The summed E-state index contributed by atoms with van der Waals surface area (Å²) < 4.78 is 6.15. The first-order valence-corrected chi connectivity index (χ1v) is 16.9. The van der Waals surface area contributed by atoms with Crippen molar-refractivity contribution in [2.75, 3.05) is 4.90 Å². The average molecular weight is 594 g/mol. The van der Waals surface area contributed by atoms with Crippen LogP contribution in [-0.2, 0) is 0 Å². The molecule has 2 fully saturated rings. The highest BCUT2D eigenvalue weighted by molar-refractivity contribution is 6.06. The van der Waals surface area contributed by atoms with Crippen LogP contribution in [0.5, 0.6) is 0 Å². The monoisotopic (exact) mass is 593 g/mol. The Balaban J connectivity index is 1.06. The molecule has 0 saturated heterocycles. The van der Waals surface area contributed by atoms with Crippen molar-refractivity contribution in [2.45, 2.75) is 37.5 Å². The Morgan fingerprint density at radius 1 is 0.478 bits per heavy atom. The predicted octanol–water partition coefficient (Wildman–Crippen LogP) is 12.4. The van der Waals surface area contributed by atoms with Gasteiger partial charge in [-0.15, -0.1) is 0 Å². The van der Waals surface area contributed by atoms with Crippen LogP contribution in [0.25, 0.3) is 44.2 Å². The maximum atomic E-state index is 6.15. The fourth-order valence-electron chi connectivity index (χ4n) is 9.26. The second kappa shape index (κ2) is 10.2. The van der Waals surface area contributed by atoms with Crippen molar-refractivity contribution in [3.63, 3.8) is 0 Å². The van der Waals surface area contributed by atoms with Gasteiger partial charge in [0.15, 0.2) is 0 Å². The van der Waals surface area contributed by atoms with Crippen LogP contribution in [-0.4, -0.2) is 0 Å². The van der Waals surface area contributed by atoms with Gasteiger partial charge < -0.3 is 9.32 Å². The van der Waals surface area contributed by atoms with Crippen molar-refractivity contribution >= 4 is 39.0 Å². The van der Waals surface area contributed by atoms with E-state index in [2.05, 4.69) is 132 Å². The van der Waals surface area contributed by atoms with Gasteiger partial charge in [-0.05, 0) is 131 Å². The topological polar surface area (TPSA) is 16.4 Å². The quantitative estimate of drug-likeness (QED) is 0.202. The molecule has 4 unspecified atom stereocenters. The largest absolute Gasteiger partial charge is 0.456 e. The second-order valence-electron chi connectivity index (χ2n) is 13.8. The Kier molecular flexibility index (Phi) is 5.81. The van der Waals surface area contributed by atoms with E-state index in [-0.39, 0.29) is 0 Å². The lowest BCUT2D eigenvalue weighted by atomic mass is 9.70. The molecule has 0 N–H and O–H groups in total. The third kappa shape index (κ3) is 4.09. The Morgan fingerprint density at radius 3 is 2.11 bits per heavy atom. The minimum Gasteiger partial charge on any atom is -0.456 e. The summed E-state index contributed by atoms with van der Waals surface area (Å²) in [5.41, 5.74) is 13.9. The number of hydrogen-bond donors (Lipinski definition) is 0. The van der Waals surface area contributed by atoms with Gasteiger partial charge in [-0.3, -0.25) is 0 Å². The van der Waals surface area contributed by atoms with Crippen LogP contribution in [0.3, 0.4) is 0 Å². The summed E-state index contributed by atoms with van der Waals surface area (Å²) >= 11 is 0. The van der Waals surface area contributed by atoms with Crippen LogP contribution < -0.4 is 4.90 Å². The molecule has 0 amide bonds. The summed E-state index contributed by atoms with van der Waals surface area (Å²) in [5.74, 6) is 3.12. The number of para-hydroxylation sites is 2. The van der Waals surface area contributed by atoms with Gasteiger partial charge in [0.1, 0.15) is 11.2 Å². The molecule has 7 aromatic rings. The first-order chi connectivity index (χ1) is 22.8. The fraction of sp³-hybridized carbons (Fsp3) is 0.182. The zero-order chi connectivity index (χ0) is 30.2. The zero-order valence-corrected chi connectivity index (χ0v) is 25.8. The SMILES string of the molecule is c1ccc(N(c2ccc(-c3ccc4c(c3)C3CC5CC(C3)C(C5)c3ccccc3-4)cc2)c2ccc3oc4ccccc4c3c2)cc1. The predicted molar refractivity (Wildman–Crippen MR) is 190 cm³/mol. The molecule has 2 saturated carbocycles. The van der Waals surface area contributed by atoms with Crippen molar-refractivity contribution in [3.05, 3.63) is 151 Å². The Labute approximate surface area is 269 Å². The van der Waals surface area contributed by atoms with E-state index in [1.54, 1.807) is 11.1 Å². The molecular weight excluding hydrogens is 558 g/mol. The van der Waals surface area contributed by atoms with Crippen LogP contribution >= 0.6 is 0 Å². The maximum Gasteiger partial charge on any atom is 0.135 e. The van der Waals surface area contributed by atoms with Gasteiger partial charge in [0.2, 0.25) is 0 Å². The summed E-state index contributed by atoms with van der Waals surface area (Å²) in [4.78, 5) is 2.34. The van der Waals surface area contributed by atoms with Crippen LogP contribution in [0, 0.1) is 11.8 Å². The number of fused-ring (bicyclic) bond motifs is 10. The number of anilines is 3. The van der Waals surface area contributed by atoms with Gasteiger partial charge in [0, 0.05) is 27.8 Å². The number of furan rings is 1. The molecule has 1 heterocycles. The first-order valence-electron chi connectivity index (χ1n) is 16.9. The van der Waals surface area contributed by atoms with Crippen molar-refractivity contribution < 1.29 is 4.42 Å².